The zero-order valence-corrected chi connectivity index (χ0v) is 18.1. The number of benzene rings is 2. The molecule has 0 radical (unpaired) electrons. The molecule has 0 bridgehead atoms. The number of carbonyl (C=O) groups is 1. The molecule has 30 heavy (non-hydrogen) atoms. The van der Waals surface area contributed by atoms with Crippen molar-refractivity contribution in [3.8, 4) is 28.4 Å². The third-order valence-corrected chi connectivity index (χ3v) is 4.52. The Morgan fingerprint density at radius 3 is 2.47 bits per heavy atom. The molecular formula is C22H27ClN4O3. The van der Waals surface area contributed by atoms with Crippen LogP contribution in [0.1, 0.15) is 23.7 Å². The van der Waals surface area contributed by atoms with E-state index in [1.807, 2.05) is 49.4 Å². The van der Waals surface area contributed by atoms with Gasteiger partial charge >= 0.3 is 0 Å². The van der Waals surface area contributed by atoms with Crippen molar-refractivity contribution in [2.24, 2.45) is 5.73 Å². The molecule has 0 aliphatic carbocycles. The van der Waals surface area contributed by atoms with E-state index in [4.69, 9.17) is 15.2 Å². The van der Waals surface area contributed by atoms with E-state index in [0.29, 0.717) is 35.7 Å². The van der Waals surface area contributed by atoms with Crippen LogP contribution in [-0.4, -0.2) is 42.5 Å². The van der Waals surface area contributed by atoms with Gasteiger partial charge in [0, 0.05) is 24.3 Å². The SMILES string of the molecule is COc1ccc(-c2nn(-c3ccccc3)cc2C(=O)NCCC(C)N)cc1OC.Cl. The van der Waals surface area contributed by atoms with Gasteiger partial charge in [-0.15, -0.1) is 12.4 Å². The fraction of sp³-hybridized carbons (Fsp3) is 0.273. The van der Waals surface area contributed by atoms with E-state index in [-0.39, 0.29) is 24.4 Å². The number of nitrogens with one attached hydrogen (secondary N) is 1. The number of carbonyl (C=O) groups excluding carboxylic acids is 1. The summed E-state index contributed by atoms with van der Waals surface area (Å²) in [6, 6.07) is 15.1. The predicted octanol–water partition coefficient (Wildman–Crippen LogP) is 3.45. The number of nitrogens with two attached hydrogens (primary N) is 1. The maximum atomic E-state index is 12.9. The molecular weight excluding hydrogens is 404 g/mol. The predicted molar refractivity (Wildman–Crippen MR) is 120 cm³/mol. The molecule has 160 valence electrons. The summed E-state index contributed by atoms with van der Waals surface area (Å²) in [4.78, 5) is 12.9. The molecule has 7 nitrogen and oxygen atoms in total. The number of rotatable bonds is 8. The van der Waals surface area contributed by atoms with Gasteiger partial charge in [-0.3, -0.25) is 4.79 Å². The molecule has 1 atom stereocenters. The molecule has 0 saturated carbocycles. The van der Waals surface area contributed by atoms with Crippen LogP contribution in [0.3, 0.4) is 0 Å². The lowest BCUT2D eigenvalue weighted by molar-refractivity contribution is 0.0953. The lowest BCUT2D eigenvalue weighted by Gasteiger charge is -2.10. The third-order valence-electron chi connectivity index (χ3n) is 4.52. The molecule has 8 heteroatoms. The summed E-state index contributed by atoms with van der Waals surface area (Å²) in [6.45, 7) is 2.41. The van der Waals surface area contributed by atoms with E-state index >= 15 is 0 Å². The Hall–Kier alpha value is -3.03. The van der Waals surface area contributed by atoms with Crippen LogP contribution in [-0.2, 0) is 0 Å². The highest BCUT2D eigenvalue weighted by molar-refractivity contribution is 6.00. The van der Waals surface area contributed by atoms with Gasteiger partial charge in [0.2, 0.25) is 0 Å². The molecule has 0 spiro atoms. The Labute approximate surface area is 182 Å². The minimum absolute atomic E-state index is 0. The highest BCUT2D eigenvalue weighted by Gasteiger charge is 2.20. The van der Waals surface area contributed by atoms with Crippen LogP contribution in [0.25, 0.3) is 16.9 Å². The maximum absolute atomic E-state index is 12.9. The van der Waals surface area contributed by atoms with Crippen molar-refractivity contribution in [3.63, 3.8) is 0 Å². The topological polar surface area (TPSA) is 91.4 Å². The zero-order chi connectivity index (χ0) is 20.8. The molecule has 1 heterocycles. The van der Waals surface area contributed by atoms with Gasteiger partial charge in [-0.25, -0.2) is 4.68 Å². The number of hydrogen-bond acceptors (Lipinski definition) is 5. The van der Waals surface area contributed by atoms with Gasteiger partial charge in [-0.1, -0.05) is 18.2 Å². The zero-order valence-electron chi connectivity index (χ0n) is 17.3. The van der Waals surface area contributed by atoms with Crippen LogP contribution in [0, 0.1) is 0 Å². The number of halogens is 1. The summed E-state index contributed by atoms with van der Waals surface area (Å²) in [5.41, 5.74) is 8.45. The summed E-state index contributed by atoms with van der Waals surface area (Å²) in [6.07, 6.45) is 2.44. The van der Waals surface area contributed by atoms with E-state index in [1.165, 1.54) is 0 Å². The van der Waals surface area contributed by atoms with E-state index in [2.05, 4.69) is 10.4 Å². The molecule has 0 fully saturated rings. The highest BCUT2D eigenvalue weighted by atomic mass is 35.5. The first-order chi connectivity index (χ1) is 14.0. The van der Waals surface area contributed by atoms with E-state index < -0.39 is 0 Å². The Morgan fingerprint density at radius 2 is 1.83 bits per heavy atom. The standard InChI is InChI=1S/C22H26N4O3.ClH/c1-15(23)11-12-24-22(27)18-14-26(17-7-5-4-6-8-17)25-21(18)16-9-10-19(28-2)20(13-16)29-3;/h4-10,13-15H,11-12,23H2,1-3H3,(H,24,27);1H. The second-order valence-electron chi connectivity index (χ2n) is 6.76. The summed E-state index contributed by atoms with van der Waals surface area (Å²) >= 11 is 0. The maximum Gasteiger partial charge on any atom is 0.255 e. The largest absolute Gasteiger partial charge is 0.493 e. The quantitative estimate of drug-likeness (QED) is 0.571. The molecule has 2 aromatic carbocycles. The van der Waals surface area contributed by atoms with Crippen LogP contribution in [0.4, 0.5) is 0 Å². The Bertz CT molecular complexity index is 974. The van der Waals surface area contributed by atoms with Crippen molar-refractivity contribution >= 4 is 18.3 Å². The van der Waals surface area contributed by atoms with Crippen LogP contribution in [0.2, 0.25) is 0 Å². The van der Waals surface area contributed by atoms with Crippen molar-refractivity contribution in [2.45, 2.75) is 19.4 Å². The van der Waals surface area contributed by atoms with E-state index in [0.717, 1.165) is 11.3 Å². The first-order valence-corrected chi connectivity index (χ1v) is 9.44. The molecule has 0 aliphatic rings. The molecule has 3 aromatic rings. The highest BCUT2D eigenvalue weighted by Crippen LogP contribution is 2.33. The van der Waals surface area contributed by atoms with Gasteiger partial charge in [0.05, 0.1) is 25.5 Å². The summed E-state index contributed by atoms with van der Waals surface area (Å²) < 4.78 is 12.4. The fourth-order valence-corrected chi connectivity index (χ4v) is 2.96. The number of para-hydroxylation sites is 1. The molecule has 1 amide bonds. The third kappa shape index (κ3) is 5.31. The fourth-order valence-electron chi connectivity index (χ4n) is 2.96. The van der Waals surface area contributed by atoms with Gasteiger partial charge < -0.3 is 20.5 Å². The van der Waals surface area contributed by atoms with Crippen molar-refractivity contribution in [3.05, 3.63) is 60.3 Å². The summed E-state index contributed by atoms with van der Waals surface area (Å²) in [7, 11) is 3.16. The van der Waals surface area contributed by atoms with Gasteiger partial charge in [0.1, 0.15) is 5.69 Å². The molecule has 1 unspecified atom stereocenters. The van der Waals surface area contributed by atoms with Crippen LogP contribution < -0.4 is 20.5 Å². The second-order valence-corrected chi connectivity index (χ2v) is 6.76. The first-order valence-electron chi connectivity index (χ1n) is 9.44. The number of aromatic nitrogens is 2. The van der Waals surface area contributed by atoms with Gasteiger partial charge in [0.15, 0.2) is 11.5 Å². The number of ether oxygens (including phenoxy) is 2. The van der Waals surface area contributed by atoms with Crippen molar-refractivity contribution in [2.75, 3.05) is 20.8 Å². The number of hydrogen-bond donors (Lipinski definition) is 2. The summed E-state index contributed by atoms with van der Waals surface area (Å²) in [5.74, 6) is 0.988. The van der Waals surface area contributed by atoms with Crippen molar-refractivity contribution in [1.29, 1.82) is 0 Å². The van der Waals surface area contributed by atoms with Crippen LogP contribution in [0.15, 0.2) is 54.7 Å². The lowest BCUT2D eigenvalue weighted by atomic mass is 10.1. The number of amides is 1. The number of methoxy groups -OCH3 is 2. The number of nitrogens with zero attached hydrogens (tertiary/aromatic N) is 2. The van der Waals surface area contributed by atoms with Crippen molar-refractivity contribution in [1.82, 2.24) is 15.1 Å². The smallest absolute Gasteiger partial charge is 0.255 e. The molecule has 1 aromatic heterocycles. The Morgan fingerprint density at radius 1 is 1.13 bits per heavy atom. The minimum Gasteiger partial charge on any atom is -0.493 e. The Balaban J connectivity index is 0.00000320. The molecule has 3 rings (SSSR count). The second kappa shape index (κ2) is 10.7. The Kier molecular flexibility index (Phi) is 8.26. The lowest BCUT2D eigenvalue weighted by Crippen LogP contribution is -2.29. The molecule has 0 aliphatic heterocycles. The van der Waals surface area contributed by atoms with Gasteiger partial charge in [-0.05, 0) is 43.7 Å². The summed E-state index contributed by atoms with van der Waals surface area (Å²) in [5, 5.41) is 7.61. The average Bonchev–Trinajstić information content (AvgIpc) is 3.19. The van der Waals surface area contributed by atoms with E-state index in [9.17, 15) is 4.79 Å². The normalized spacial score (nSPS) is 11.3. The first kappa shape index (κ1) is 23.3. The van der Waals surface area contributed by atoms with Gasteiger partial charge in [0.25, 0.3) is 5.91 Å². The average molecular weight is 431 g/mol. The molecule has 3 N–H and O–H groups in total. The monoisotopic (exact) mass is 430 g/mol. The minimum atomic E-state index is -0.197. The van der Waals surface area contributed by atoms with Crippen LogP contribution >= 0.6 is 12.4 Å². The van der Waals surface area contributed by atoms with E-state index in [1.54, 1.807) is 31.2 Å². The van der Waals surface area contributed by atoms with Gasteiger partial charge in [-0.2, -0.15) is 5.10 Å². The molecule has 0 saturated heterocycles. The van der Waals surface area contributed by atoms with Crippen LogP contribution in [0.5, 0.6) is 11.5 Å². The van der Waals surface area contributed by atoms with Crippen molar-refractivity contribution < 1.29 is 14.3 Å².